The van der Waals surface area contributed by atoms with Crippen LogP contribution in [0.3, 0.4) is 0 Å². The highest BCUT2D eigenvalue weighted by Gasteiger charge is 2.11. The summed E-state index contributed by atoms with van der Waals surface area (Å²) in [6, 6.07) is 4.29. The molecular weight excluding hydrogens is 212 g/mol. The van der Waals surface area contributed by atoms with Gasteiger partial charge in [0.2, 0.25) is 0 Å². The van der Waals surface area contributed by atoms with Crippen molar-refractivity contribution >= 4 is 0 Å². The molecule has 96 valence electrons. The van der Waals surface area contributed by atoms with Gasteiger partial charge in [-0.05, 0) is 33.3 Å². The first-order chi connectivity index (χ1) is 7.83. The van der Waals surface area contributed by atoms with Gasteiger partial charge >= 0.3 is 0 Å². The first kappa shape index (κ1) is 14.0. The third-order valence-corrected chi connectivity index (χ3v) is 2.60. The molecule has 0 atom stereocenters. The number of hydrogen-bond donors (Lipinski definition) is 2. The van der Waals surface area contributed by atoms with Crippen molar-refractivity contribution < 1.29 is 4.74 Å². The van der Waals surface area contributed by atoms with Gasteiger partial charge in [0.1, 0.15) is 5.75 Å². The van der Waals surface area contributed by atoms with Crippen molar-refractivity contribution in [3.63, 3.8) is 0 Å². The van der Waals surface area contributed by atoms with Crippen LogP contribution >= 0.6 is 0 Å². The van der Waals surface area contributed by atoms with Crippen molar-refractivity contribution in [1.29, 1.82) is 0 Å². The summed E-state index contributed by atoms with van der Waals surface area (Å²) in [6.07, 6.45) is 0. The number of benzene rings is 1. The minimum atomic E-state index is -0.188. The van der Waals surface area contributed by atoms with Gasteiger partial charge < -0.3 is 15.8 Å². The molecule has 1 rings (SSSR count). The van der Waals surface area contributed by atoms with Crippen LogP contribution in [0.5, 0.6) is 5.75 Å². The summed E-state index contributed by atoms with van der Waals surface area (Å²) >= 11 is 0. The Balaban J connectivity index is 2.76. The SMILES string of the molecule is COc1c(C)cc(C)cc1CNCC(C)(C)N. The summed E-state index contributed by atoms with van der Waals surface area (Å²) in [5.41, 5.74) is 9.37. The van der Waals surface area contributed by atoms with E-state index in [-0.39, 0.29) is 5.54 Å². The van der Waals surface area contributed by atoms with Crippen LogP contribution in [0.25, 0.3) is 0 Å². The van der Waals surface area contributed by atoms with Crippen molar-refractivity contribution in [2.45, 2.75) is 39.8 Å². The van der Waals surface area contributed by atoms with Crippen LogP contribution in [0.2, 0.25) is 0 Å². The third kappa shape index (κ3) is 4.36. The van der Waals surface area contributed by atoms with Gasteiger partial charge in [0.05, 0.1) is 7.11 Å². The van der Waals surface area contributed by atoms with Crippen molar-refractivity contribution in [3.8, 4) is 5.75 Å². The minimum Gasteiger partial charge on any atom is -0.496 e. The molecule has 3 N–H and O–H groups in total. The molecule has 0 saturated heterocycles. The molecule has 0 bridgehead atoms. The molecule has 0 fully saturated rings. The molecule has 1 aromatic carbocycles. The number of nitrogens with two attached hydrogens (primary N) is 1. The summed E-state index contributed by atoms with van der Waals surface area (Å²) < 4.78 is 5.44. The van der Waals surface area contributed by atoms with E-state index in [0.29, 0.717) is 0 Å². The van der Waals surface area contributed by atoms with Crippen LogP contribution in [0, 0.1) is 13.8 Å². The molecule has 3 heteroatoms. The van der Waals surface area contributed by atoms with Crippen LogP contribution in [-0.2, 0) is 6.54 Å². The summed E-state index contributed by atoms with van der Waals surface area (Å²) in [6.45, 7) is 9.76. The number of rotatable bonds is 5. The maximum absolute atomic E-state index is 5.94. The lowest BCUT2D eigenvalue weighted by Crippen LogP contribution is -2.42. The molecule has 0 aliphatic carbocycles. The number of ether oxygens (including phenoxy) is 1. The second-order valence-corrected chi connectivity index (χ2v) is 5.37. The molecule has 0 unspecified atom stereocenters. The number of methoxy groups -OCH3 is 1. The van der Waals surface area contributed by atoms with Gasteiger partial charge in [-0.3, -0.25) is 0 Å². The van der Waals surface area contributed by atoms with Crippen LogP contribution < -0.4 is 15.8 Å². The lowest BCUT2D eigenvalue weighted by Gasteiger charge is -2.20. The Morgan fingerprint density at radius 1 is 1.29 bits per heavy atom. The average Bonchev–Trinajstić information content (AvgIpc) is 2.14. The highest BCUT2D eigenvalue weighted by atomic mass is 16.5. The van der Waals surface area contributed by atoms with Crippen LogP contribution in [0.1, 0.15) is 30.5 Å². The van der Waals surface area contributed by atoms with E-state index in [4.69, 9.17) is 10.5 Å². The maximum Gasteiger partial charge on any atom is 0.126 e. The Bertz CT molecular complexity index is 381. The molecule has 1 aromatic rings. The normalized spacial score (nSPS) is 11.6. The monoisotopic (exact) mass is 236 g/mol. The lowest BCUT2D eigenvalue weighted by atomic mass is 10.0. The fraction of sp³-hybridized carbons (Fsp3) is 0.571. The number of nitrogens with one attached hydrogen (secondary N) is 1. The Morgan fingerprint density at radius 3 is 2.47 bits per heavy atom. The molecule has 0 radical (unpaired) electrons. The van der Waals surface area contributed by atoms with Crippen molar-refractivity contribution in [1.82, 2.24) is 5.32 Å². The summed E-state index contributed by atoms with van der Waals surface area (Å²) in [4.78, 5) is 0. The predicted octanol–water partition coefficient (Wildman–Crippen LogP) is 2.14. The highest BCUT2D eigenvalue weighted by molar-refractivity contribution is 5.43. The topological polar surface area (TPSA) is 47.3 Å². The van der Waals surface area contributed by atoms with E-state index in [2.05, 4.69) is 31.3 Å². The zero-order valence-electron chi connectivity index (χ0n) is 11.6. The van der Waals surface area contributed by atoms with Crippen LogP contribution in [-0.4, -0.2) is 19.2 Å². The van der Waals surface area contributed by atoms with Gasteiger partial charge in [0, 0.05) is 24.2 Å². The summed E-state index contributed by atoms with van der Waals surface area (Å²) in [5, 5.41) is 3.37. The summed E-state index contributed by atoms with van der Waals surface area (Å²) in [5.74, 6) is 0.970. The van der Waals surface area contributed by atoms with Gasteiger partial charge in [0.15, 0.2) is 0 Å². The molecule has 0 aliphatic heterocycles. The Hall–Kier alpha value is -1.06. The van der Waals surface area contributed by atoms with Crippen LogP contribution in [0.15, 0.2) is 12.1 Å². The average molecular weight is 236 g/mol. The van der Waals surface area contributed by atoms with Gasteiger partial charge in [0.25, 0.3) is 0 Å². The molecule has 0 aliphatic rings. The van der Waals surface area contributed by atoms with Gasteiger partial charge in [-0.2, -0.15) is 0 Å². The zero-order chi connectivity index (χ0) is 13.1. The minimum absolute atomic E-state index is 0.188. The smallest absolute Gasteiger partial charge is 0.126 e. The molecule has 17 heavy (non-hydrogen) atoms. The lowest BCUT2D eigenvalue weighted by molar-refractivity contribution is 0.401. The Kier molecular flexibility index (Phi) is 4.54. The second kappa shape index (κ2) is 5.52. The molecule has 0 aromatic heterocycles. The standard InChI is InChI=1S/C14H24N2O/c1-10-6-11(2)13(17-5)12(7-10)8-16-9-14(3,4)15/h6-7,16H,8-9,15H2,1-5H3. The van der Waals surface area contributed by atoms with Gasteiger partial charge in [-0.25, -0.2) is 0 Å². The van der Waals surface area contributed by atoms with E-state index < -0.39 is 0 Å². The molecule has 0 amide bonds. The van der Waals surface area contributed by atoms with Gasteiger partial charge in [-0.1, -0.05) is 17.7 Å². The van der Waals surface area contributed by atoms with E-state index in [1.807, 2.05) is 13.8 Å². The molecular formula is C14H24N2O. The van der Waals surface area contributed by atoms with E-state index in [1.165, 1.54) is 16.7 Å². The first-order valence-corrected chi connectivity index (χ1v) is 5.97. The second-order valence-electron chi connectivity index (χ2n) is 5.37. The van der Waals surface area contributed by atoms with Crippen molar-refractivity contribution in [2.75, 3.05) is 13.7 Å². The molecule has 0 heterocycles. The van der Waals surface area contributed by atoms with Crippen molar-refractivity contribution in [2.24, 2.45) is 5.73 Å². The number of aryl methyl sites for hydroxylation is 2. The van der Waals surface area contributed by atoms with E-state index in [0.717, 1.165) is 18.8 Å². The number of hydrogen-bond acceptors (Lipinski definition) is 3. The Morgan fingerprint density at radius 2 is 1.94 bits per heavy atom. The van der Waals surface area contributed by atoms with E-state index in [1.54, 1.807) is 7.11 Å². The van der Waals surface area contributed by atoms with Crippen molar-refractivity contribution in [3.05, 3.63) is 28.8 Å². The maximum atomic E-state index is 5.94. The Labute approximate surface area is 104 Å². The zero-order valence-corrected chi connectivity index (χ0v) is 11.6. The quantitative estimate of drug-likeness (QED) is 0.823. The third-order valence-electron chi connectivity index (χ3n) is 2.60. The summed E-state index contributed by atoms with van der Waals surface area (Å²) in [7, 11) is 1.72. The molecule has 0 spiro atoms. The highest BCUT2D eigenvalue weighted by Crippen LogP contribution is 2.24. The van der Waals surface area contributed by atoms with Gasteiger partial charge in [-0.15, -0.1) is 0 Å². The van der Waals surface area contributed by atoms with Crippen LogP contribution in [0.4, 0.5) is 0 Å². The largest absolute Gasteiger partial charge is 0.496 e. The molecule has 0 saturated carbocycles. The first-order valence-electron chi connectivity index (χ1n) is 5.97. The fourth-order valence-electron chi connectivity index (χ4n) is 1.99. The molecule has 3 nitrogen and oxygen atoms in total. The fourth-order valence-corrected chi connectivity index (χ4v) is 1.99. The van der Waals surface area contributed by atoms with E-state index >= 15 is 0 Å². The predicted molar refractivity (Wildman–Crippen MR) is 72.4 cm³/mol. The van der Waals surface area contributed by atoms with E-state index in [9.17, 15) is 0 Å².